The summed E-state index contributed by atoms with van der Waals surface area (Å²) in [4.78, 5) is 11.0. The molecule has 0 radical (unpaired) electrons. The summed E-state index contributed by atoms with van der Waals surface area (Å²) in [5.74, 6) is -4.34. The van der Waals surface area contributed by atoms with E-state index in [0.717, 1.165) is 6.42 Å². The second-order valence-corrected chi connectivity index (χ2v) is 4.28. The van der Waals surface area contributed by atoms with E-state index < -0.39 is 23.3 Å². The van der Waals surface area contributed by atoms with Crippen LogP contribution in [-0.4, -0.2) is 29.1 Å². The highest BCUT2D eigenvalue weighted by atomic mass is 19.3. The number of hydrogen-bond acceptors (Lipinski definition) is 2. The van der Waals surface area contributed by atoms with Crippen molar-refractivity contribution in [1.29, 1.82) is 0 Å². The molecular weight excluding hydrogens is 192 g/mol. The molecule has 2 unspecified atom stereocenters. The highest BCUT2D eigenvalue weighted by Crippen LogP contribution is 2.53. The summed E-state index contributed by atoms with van der Waals surface area (Å²) in [5, 5.41) is 11.8. The van der Waals surface area contributed by atoms with Crippen LogP contribution in [0.25, 0.3) is 0 Å². The fourth-order valence-electron chi connectivity index (χ4n) is 2.16. The summed E-state index contributed by atoms with van der Waals surface area (Å²) >= 11 is 0. The topological polar surface area (TPSA) is 49.3 Å². The van der Waals surface area contributed by atoms with Gasteiger partial charge in [-0.05, 0) is 25.8 Å². The van der Waals surface area contributed by atoms with Gasteiger partial charge >= 0.3 is 5.97 Å². The third-order valence-corrected chi connectivity index (χ3v) is 3.20. The van der Waals surface area contributed by atoms with E-state index in [1.807, 2.05) is 0 Å². The maximum Gasteiger partial charge on any atom is 0.323 e. The van der Waals surface area contributed by atoms with Gasteiger partial charge in [0.2, 0.25) is 0 Å². The smallest absolute Gasteiger partial charge is 0.323 e. The number of nitrogens with one attached hydrogen (secondary N) is 1. The monoisotopic (exact) mass is 205 g/mol. The molecule has 1 aliphatic heterocycles. The average molecular weight is 205 g/mol. The Hall–Kier alpha value is -0.710. The number of carboxylic acid groups (broad SMARTS) is 1. The van der Waals surface area contributed by atoms with Crippen molar-refractivity contribution in [2.45, 2.75) is 37.1 Å². The molecule has 0 aromatic rings. The minimum atomic E-state index is -2.62. The second-order valence-electron chi connectivity index (χ2n) is 4.28. The number of alkyl halides is 2. The lowest BCUT2D eigenvalue weighted by atomic mass is 9.91. The van der Waals surface area contributed by atoms with Crippen LogP contribution in [0.3, 0.4) is 0 Å². The van der Waals surface area contributed by atoms with Crippen LogP contribution in [0, 0.1) is 5.92 Å². The molecule has 1 saturated heterocycles. The Morgan fingerprint density at radius 3 is 2.57 bits per heavy atom. The Kier molecular flexibility index (Phi) is 2.03. The lowest BCUT2D eigenvalue weighted by Crippen LogP contribution is -2.48. The van der Waals surface area contributed by atoms with Crippen LogP contribution in [0.15, 0.2) is 0 Å². The Balaban J connectivity index is 2.02. The van der Waals surface area contributed by atoms with E-state index in [9.17, 15) is 13.6 Å². The Morgan fingerprint density at radius 2 is 2.21 bits per heavy atom. The quantitative estimate of drug-likeness (QED) is 0.728. The van der Waals surface area contributed by atoms with Crippen LogP contribution < -0.4 is 5.32 Å². The van der Waals surface area contributed by atoms with Crippen molar-refractivity contribution in [3.05, 3.63) is 0 Å². The molecule has 14 heavy (non-hydrogen) atoms. The van der Waals surface area contributed by atoms with Gasteiger partial charge in [0.05, 0.1) is 0 Å². The first-order valence-electron chi connectivity index (χ1n) is 4.83. The van der Waals surface area contributed by atoms with Gasteiger partial charge in [-0.25, -0.2) is 8.78 Å². The number of carboxylic acids is 1. The van der Waals surface area contributed by atoms with Crippen molar-refractivity contribution >= 4 is 5.97 Å². The van der Waals surface area contributed by atoms with Crippen molar-refractivity contribution in [2.75, 3.05) is 6.54 Å². The summed E-state index contributed by atoms with van der Waals surface area (Å²) in [6.07, 6.45) is 1.14. The largest absolute Gasteiger partial charge is 0.480 e. The Labute approximate surface area is 80.5 Å². The molecule has 0 spiro atoms. The number of halogens is 2. The molecular formula is C9H13F2NO2. The molecule has 80 valence electrons. The maximum atomic E-state index is 12.7. The number of carbonyl (C=O) groups is 1. The lowest BCUT2D eigenvalue weighted by Gasteiger charge is -2.24. The van der Waals surface area contributed by atoms with Crippen LogP contribution in [0.5, 0.6) is 0 Å². The highest BCUT2D eigenvalue weighted by Gasteiger charge is 2.60. The summed E-state index contributed by atoms with van der Waals surface area (Å²) in [5.41, 5.74) is -1.08. The SMILES string of the molecule is O=C(O)C1(CC2CC2(F)F)CCCN1. The third-order valence-electron chi connectivity index (χ3n) is 3.20. The lowest BCUT2D eigenvalue weighted by molar-refractivity contribution is -0.144. The number of aliphatic carboxylic acids is 1. The van der Waals surface area contributed by atoms with Crippen LogP contribution in [0.4, 0.5) is 8.78 Å². The van der Waals surface area contributed by atoms with Crippen LogP contribution in [0.2, 0.25) is 0 Å². The van der Waals surface area contributed by atoms with Crippen molar-refractivity contribution in [1.82, 2.24) is 5.32 Å². The van der Waals surface area contributed by atoms with Gasteiger partial charge in [-0.3, -0.25) is 4.79 Å². The third kappa shape index (κ3) is 1.49. The maximum absolute atomic E-state index is 12.7. The fourth-order valence-corrected chi connectivity index (χ4v) is 2.16. The molecule has 1 aliphatic carbocycles. The van der Waals surface area contributed by atoms with E-state index in [4.69, 9.17) is 5.11 Å². The van der Waals surface area contributed by atoms with Crippen molar-refractivity contribution < 1.29 is 18.7 Å². The first-order chi connectivity index (χ1) is 6.46. The molecule has 0 amide bonds. The molecule has 5 heteroatoms. The van der Waals surface area contributed by atoms with Gasteiger partial charge in [0.1, 0.15) is 5.54 Å². The predicted molar refractivity (Wildman–Crippen MR) is 45.3 cm³/mol. The molecule has 1 saturated carbocycles. The zero-order chi connectivity index (χ0) is 10.4. The van der Waals surface area contributed by atoms with Gasteiger partial charge in [-0.1, -0.05) is 0 Å². The molecule has 0 aromatic heterocycles. The zero-order valence-corrected chi connectivity index (χ0v) is 7.72. The van der Waals surface area contributed by atoms with Gasteiger partial charge in [0.15, 0.2) is 0 Å². The van der Waals surface area contributed by atoms with Crippen molar-refractivity contribution in [3.63, 3.8) is 0 Å². The van der Waals surface area contributed by atoms with Crippen LogP contribution in [-0.2, 0) is 4.79 Å². The summed E-state index contributed by atoms with van der Waals surface area (Å²) in [7, 11) is 0. The zero-order valence-electron chi connectivity index (χ0n) is 7.72. The van der Waals surface area contributed by atoms with Crippen LogP contribution in [0.1, 0.15) is 25.7 Å². The molecule has 0 bridgehead atoms. The van der Waals surface area contributed by atoms with E-state index in [0.29, 0.717) is 13.0 Å². The molecule has 1 heterocycles. The Morgan fingerprint density at radius 1 is 1.57 bits per heavy atom. The van der Waals surface area contributed by atoms with Gasteiger partial charge in [-0.2, -0.15) is 0 Å². The highest BCUT2D eigenvalue weighted by molar-refractivity contribution is 5.79. The van der Waals surface area contributed by atoms with Gasteiger partial charge in [0.25, 0.3) is 5.92 Å². The Bertz CT molecular complexity index is 262. The van der Waals surface area contributed by atoms with E-state index in [1.165, 1.54) is 0 Å². The second kappa shape index (κ2) is 2.89. The number of rotatable bonds is 3. The normalized spacial score (nSPS) is 39.7. The summed E-state index contributed by atoms with van der Waals surface area (Å²) < 4.78 is 25.3. The molecule has 2 atom stereocenters. The molecule has 2 N–H and O–H groups in total. The predicted octanol–water partition coefficient (Wildman–Crippen LogP) is 1.24. The van der Waals surface area contributed by atoms with E-state index >= 15 is 0 Å². The minimum absolute atomic E-state index is 0.0648. The van der Waals surface area contributed by atoms with Crippen molar-refractivity contribution in [2.24, 2.45) is 5.92 Å². The first-order valence-corrected chi connectivity index (χ1v) is 4.83. The molecule has 3 nitrogen and oxygen atoms in total. The van der Waals surface area contributed by atoms with Gasteiger partial charge in [-0.15, -0.1) is 0 Å². The minimum Gasteiger partial charge on any atom is -0.480 e. The standard InChI is InChI=1S/C9H13F2NO2/c10-9(11)5-6(9)4-8(7(13)14)2-1-3-12-8/h6,12H,1-5H2,(H,13,14). The van der Waals surface area contributed by atoms with Gasteiger partial charge < -0.3 is 10.4 Å². The number of hydrogen-bond donors (Lipinski definition) is 2. The van der Waals surface area contributed by atoms with E-state index in [1.54, 1.807) is 0 Å². The molecule has 0 aromatic carbocycles. The fraction of sp³-hybridized carbons (Fsp3) is 0.889. The summed E-state index contributed by atoms with van der Waals surface area (Å²) in [6.45, 7) is 0.616. The molecule has 2 rings (SSSR count). The molecule has 2 fully saturated rings. The average Bonchev–Trinajstić information content (AvgIpc) is 2.51. The van der Waals surface area contributed by atoms with Gasteiger partial charge in [0, 0.05) is 12.3 Å². The first kappa shape index (κ1) is 9.83. The van der Waals surface area contributed by atoms with Crippen molar-refractivity contribution in [3.8, 4) is 0 Å². The van der Waals surface area contributed by atoms with E-state index in [2.05, 4.69) is 5.32 Å². The van der Waals surface area contributed by atoms with E-state index in [-0.39, 0.29) is 12.8 Å². The van der Waals surface area contributed by atoms with Crippen LogP contribution >= 0.6 is 0 Å². The molecule has 2 aliphatic rings. The summed E-state index contributed by atoms with van der Waals surface area (Å²) in [6, 6.07) is 0.